The standard InChI is InChI=1S/C26H26N2O3S3/c1-17-12-14-18(15-13-17)34(30,31)16-6-11-23(29)28-26-24(19-7-2-4-9-21(19)32-26)25-27-20-8-3-5-10-22(20)33-25/h3,5,8,10,12-15H,2,4,6-7,9,11,16H2,1H3,(H,28,29). The predicted molar refractivity (Wildman–Crippen MR) is 141 cm³/mol. The fourth-order valence-electron chi connectivity index (χ4n) is 4.33. The van der Waals surface area contributed by atoms with Crippen LogP contribution in [0.25, 0.3) is 20.8 Å². The molecule has 8 heteroatoms. The molecule has 0 aliphatic heterocycles. The molecular formula is C26H26N2O3S3. The van der Waals surface area contributed by atoms with Gasteiger partial charge >= 0.3 is 0 Å². The second kappa shape index (κ2) is 9.60. The van der Waals surface area contributed by atoms with Crippen LogP contribution in [0, 0.1) is 6.92 Å². The number of hydrogen-bond acceptors (Lipinski definition) is 6. The van der Waals surface area contributed by atoms with Crippen LogP contribution < -0.4 is 5.32 Å². The van der Waals surface area contributed by atoms with Gasteiger partial charge in [0.25, 0.3) is 0 Å². The molecule has 1 N–H and O–H groups in total. The van der Waals surface area contributed by atoms with Crippen molar-refractivity contribution in [2.75, 3.05) is 11.1 Å². The molecule has 2 aromatic heterocycles. The zero-order valence-electron chi connectivity index (χ0n) is 19.0. The maximum Gasteiger partial charge on any atom is 0.225 e. The lowest BCUT2D eigenvalue weighted by molar-refractivity contribution is -0.116. The van der Waals surface area contributed by atoms with Crippen LogP contribution in [0.4, 0.5) is 5.00 Å². The average Bonchev–Trinajstić information content (AvgIpc) is 3.39. The number of nitrogens with zero attached hydrogens (tertiary/aromatic N) is 1. The van der Waals surface area contributed by atoms with Crippen LogP contribution in [-0.2, 0) is 27.5 Å². The number of rotatable bonds is 7. The van der Waals surface area contributed by atoms with Crippen molar-refractivity contribution in [2.24, 2.45) is 0 Å². The normalized spacial score (nSPS) is 13.7. The summed E-state index contributed by atoms with van der Waals surface area (Å²) in [5.41, 5.74) is 4.35. The third kappa shape index (κ3) is 4.80. The quantitative estimate of drug-likeness (QED) is 0.312. The Bertz CT molecular complexity index is 1420. The SMILES string of the molecule is Cc1ccc(S(=O)(=O)CCCC(=O)Nc2sc3c(c2-c2nc4ccccc4s2)CCCC3)cc1. The Kier molecular flexibility index (Phi) is 6.55. The third-order valence-corrected chi connectivity index (χ3v) is 10.2. The maximum absolute atomic E-state index is 12.8. The summed E-state index contributed by atoms with van der Waals surface area (Å²) in [5.74, 6) is -0.199. The van der Waals surface area contributed by atoms with Crippen molar-refractivity contribution in [3.63, 3.8) is 0 Å². The molecule has 5 nitrogen and oxygen atoms in total. The smallest absolute Gasteiger partial charge is 0.225 e. The summed E-state index contributed by atoms with van der Waals surface area (Å²) in [6.45, 7) is 1.92. The molecule has 0 fully saturated rings. The van der Waals surface area contributed by atoms with Crippen LogP contribution in [0.1, 0.15) is 41.7 Å². The summed E-state index contributed by atoms with van der Waals surface area (Å²) in [6, 6.07) is 14.9. The van der Waals surface area contributed by atoms with Crippen molar-refractivity contribution in [1.29, 1.82) is 0 Å². The molecule has 176 valence electrons. The largest absolute Gasteiger partial charge is 0.317 e. The number of benzene rings is 2. The molecule has 4 aromatic rings. The molecule has 0 atom stereocenters. The number of anilines is 1. The predicted octanol–water partition coefficient (Wildman–Crippen LogP) is 6.40. The molecule has 0 saturated heterocycles. The number of sulfone groups is 1. The number of thiophene rings is 1. The molecule has 0 unspecified atom stereocenters. The van der Waals surface area contributed by atoms with E-state index in [4.69, 9.17) is 4.98 Å². The van der Waals surface area contributed by atoms with Gasteiger partial charge in [-0.15, -0.1) is 22.7 Å². The Hall–Kier alpha value is -2.55. The van der Waals surface area contributed by atoms with Crippen LogP contribution in [-0.4, -0.2) is 25.1 Å². The Morgan fingerprint density at radius 3 is 2.59 bits per heavy atom. The summed E-state index contributed by atoms with van der Waals surface area (Å²) in [7, 11) is -3.40. The van der Waals surface area contributed by atoms with Crippen LogP contribution in [0.3, 0.4) is 0 Å². The van der Waals surface area contributed by atoms with Crippen LogP contribution in [0.2, 0.25) is 0 Å². The van der Waals surface area contributed by atoms with E-state index in [1.807, 2.05) is 25.1 Å². The van der Waals surface area contributed by atoms with E-state index in [0.717, 1.165) is 57.0 Å². The highest BCUT2D eigenvalue weighted by Gasteiger charge is 2.25. The summed E-state index contributed by atoms with van der Waals surface area (Å²) >= 11 is 3.30. The number of amides is 1. The fraction of sp³-hybridized carbons (Fsp3) is 0.308. The molecular weight excluding hydrogens is 484 g/mol. The van der Waals surface area contributed by atoms with Crippen molar-refractivity contribution < 1.29 is 13.2 Å². The summed E-state index contributed by atoms with van der Waals surface area (Å²) in [5, 5.41) is 4.88. The highest BCUT2D eigenvalue weighted by atomic mass is 32.2. The lowest BCUT2D eigenvalue weighted by Gasteiger charge is -2.11. The van der Waals surface area contributed by atoms with E-state index in [9.17, 15) is 13.2 Å². The molecule has 2 aromatic carbocycles. The molecule has 1 aliphatic carbocycles. The number of thiazole rings is 1. The molecule has 1 amide bonds. The van der Waals surface area contributed by atoms with E-state index in [0.29, 0.717) is 4.90 Å². The number of aryl methyl sites for hydroxylation is 2. The van der Waals surface area contributed by atoms with Crippen molar-refractivity contribution in [2.45, 2.75) is 50.3 Å². The van der Waals surface area contributed by atoms with E-state index in [-0.39, 0.29) is 24.5 Å². The highest BCUT2D eigenvalue weighted by Crippen LogP contribution is 2.46. The first-order valence-electron chi connectivity index (χ1n) is 11.5. The van der Waals surface area contributed by atoms with Crippen molar-refractivity contribution in [3.05, 3.63) is 64.5 Å². The number of fused-ring (bicyclic) bond motifs is 2. The van der Waals surface area contributed by atoms with Crippen molar-refractivity contribution in [3.8, 4) is 10.6 Å². The monoisotopic (exact) mass is 510 g/mol. The first-order valence-corrected chi connectivity index (χ1v) is 14.8. The average molecular weight is 511 g/mol. The number of carbonyl (C=O) groups excluding carboxylic acids is 1. The summed E-state index contributed by atoms with van der Waals surface area (Å²) in [6.07, 6.45) is 4.78. The second-order valence-corrected chi connectivity index (χ2v) is 12.9. The topological polar surface area (TPSA) is 76.1 Å². The van der Waals surface area contributed by atoms with Gasteiger partial charge in [-0.2, -0.15) is 0 Å². The molecule has 1 aliphatic rings. The van der Waals surface area contributed by atoms with E-state index in [2.05, 4.69) is 11.4 Å². The Balaban J connectivity index is 1.32. The number of carbonyl (C=O) groups is 1. The van der Waals surface area contributed by atoms with Gasteiger partial charge in [-0.05, 0) is 68.9 Å². The van der Waals surface area contributed by atoms with Gasteiger partial charge in [-0.25, -0.2) is 13.4 Å². The van der Waals surface area contributed by atoms with Crippen LogP contribution >= 0.6 is 22.7 Å². The minimum atomic E-state index is -3.40. The lowest BCUT2D eigenvalue weighted by Crippen LogP contribution is -2.14. The first kappa shape index (κ1) is 23.2. The summed E-state index contributed by atoms with van der Waals surface area (Å²) < 4.78 is 26.3. The van der Waals surface area contributed by atoms with Gasteiger partial charge in [0.15, 0.2) is 9.84 Å². The zero-order chi connectivity index (χ0) is 23.7. The minimum Gasteiger partial charge on any atom is -0.317 e. The van der Waals surface area contributed by atoms with E-state index in [1.165, 1.54) is 10.4 Å². The Labute approximate surface area is 207 Å². The Morgan fingerprint density at radius 2 is 1.79 bits per heavy atom. The lowest BCUT2D eigenvalue weighted by atomic mass is 9.96. The molecule has 0 bridgehead atoms. The van der Waals surface area contributed by atoms with E-state index < -0.39 is 9.84 Å². The Morgan fingerprint density at radius 1 is 1.03 bits per heavy atom. The van der Waals surface area contributed by atoms with Gasteiger partial charge in [0.05, 0.1) is 20.9 Å². The fourth-order valence-corrected chi connectivity index (χ4v) is 8.06. The second-order valence-electron chi connectivity index (χ2n) is 8.69. The maximum atomic E-state index is 12.8. The molecule has 0 saturated carbocycles. The molecule has 0 spiro atoms. The first-order chi connectivity index (χ1) is 16.4. The number of aromatic nitrogens is 1. The number of hydrogen-bond donors (Lipinski definition) is 1. The van der Waals surface area contributed by atoms with E-state index >= 15 is 0 Å². The van der Waals surface area contributed by atoms with Gasteiger partial charge in [-0.1, -0.05) is 29.8 Å². The van der Waals surface area contributed by atoms with Gasteiger partial charge in [0.1, 0.15) is 10.0 Å². The minimum absolute atomic E-state index is 0.0465. The van der Waals surface area contributed by atoms with Crippen LogP contribution in [0.5, 0.6) is 0 Å². The molecule has 34 heavy (non-hydrogen) atoms. The molecule has 0 radical (unpaired) electrons. The zero-order valence-corrected chi connectivity index (χ0v) is 21.4. The number of para-hydroxylation sites is 1. The van der Waals surface area contributed by atoms with E-state index in [1.54, 1.807) is 46.9 Å². The summed E-state index contributed by atoms with van der Waals surface area (Å²) in [4.78, 5) is 19.3. The van der Waals surface area contributed by atoms with Crippen LogP contribution in [0.15, 0.2) is 53.4 Å². The molecule has 5 rings (SSSR count). The number of nitrogens with one attached hydrogen (secondary N) is 1. The van der Waals surface area contributed by atoms with Crippen molar-refractivity contribution in [1.82, 2.24) is 4.98 Å². The third-order valence-electron chi connectivity index (χ3n) is 6.13. The van der Waals surface area contributed by atoms with Gasteiger partial charge in [-0.3, -0.25) is 4.79 Å². The van der Waals surface area contributed by atoms with Gasteiger partial charge < -0.3 is 5.32 Å². The van der Waals surface area contributed by atoms with Gasteiger partial charge in [0, 0.05) is 16.9 Å². The van der Waals surface area contributed by atoms with Gasteiger partial charge in [0.2, 0.25) is 5.91 Å². The highest BCUT2D eigenvalue weighted by molar-refractivity contribution is 7.91. The molecule has 2 heterocycles. The van der Waals surface area contributed by atoms with Crippen molar-refractivity contribution >= 4 is 53.6 Å².